The zero-order chi connectivity index (χ0) is 16.8. The summed E-state index contributed by atoms with van der Waals surface area (Å²) in [5.74, 6) is 0.150. The molecule has 2 atom stereocenters. The van der Waals surface area contributed by atoms with Gasteiger partial charge in [0.15, 0.2) is 0 Å². The molecule has 0 saturated carbocycles. The maximum absolute atomic E-state index is 12.8. The van der Waals surface area contributed by atoms with Gasteiger partial charge in [-0.25, -0.2) is 0 Å². The summed E-state index contributed by atoms with van der Waals surface area (Å²) in [5, 5.41) is 2.90. The largest absolute Gasteiger partial charge is 0.354 e. The third-order valence-corrected chi connectivity index (χ3v) is 4.15. The first-order valence-electron chi connectivity index (χ1n) is 8.36. The minimum Gasteiger partial charge on any atom is -0.354 e. The standard InChI is InChI=1S/C18H27N3O2/c1-13(2)11-16-17(22)20-9-6-10-21(16)18(23)15(19)12-14-7-4-3-5-8-14/h3-5,7-8,13,15-16H,6,9-12,19H2,1-2H3,(H,20,22)/t15-,16-/m0/s1. The van der Waals surface area contributed by atoms with E-state index in [0.717, 1.165) is 12.0 Å². The van der Waals surface area contributed by atoms with Gasteiger partial charge in [0.1, 0.15) is 6.04 Å². The van der Waals surface area contributed by atoms with Crippen molar-refractivity contribution in [2.45, 2.75) is 45.2 Å². The van der Waals surface area contributed by atoms with Crippen LogP contribution in [0.1, 0.15) is 32.3 Å². The van der Waals surface area contributed by atoms with Crippen LogP contribution in [0.4, 0.5) is 0 Å². The first-order valence-corrected chi connectivity index (χ1v) is 8.36. The van der Waals surface area contributed by atoms with E-state index >= 15 is 0 Å². The van der Waals surface area contributed by atoms with Crippen LogP contribution in [-0.2, 0) is 16.0 Å². The van der Waals surface area contributed by atoms with E-state index in [1.165, 1.54) is 0 Å². The molecule has 0 spiro atoms. The van der Waals surface area contributed by atoms with Crippen LogP contribution in [-0.4, -0.2) is 41.9 Å². The van der Waals surface area contributed by atoms with Gasteiger partial charge in [-0.1, -0.05) is 44.2 Å². The summed E-state index contributed by atoms with van der Waals surface area (Å²) < 4.78 is 0. The quantitative estimate of drug-likeness (QED) is 0.860. The number of nitrogens with zero attached hydrogens (tertiary/aromatic N) is 1. The Kier molecular flexibility index (Phi) is 6.16. The number of benzene rings is 1. The van der Waals surface area contributed by atoms with Crippen molar-refractivity contribution < 1.29 is 9.59 Å². The van der Waals surface area contributed by atoms with Gasteiger partial charge < -0.3 is 16.0 Å². The maximum atomic E-state index is 12.8. The van der Waals surface area contributed by atoms with E-state index in [2.05, 4.69) is 19.2 Å². The highest BCUT2D eigenvalue weighted by Crippen LogP contribution is 2.16. The molecule has 0 aromatic heterocycles. The molecule has 1 aliphatic heterocycles. The highest BCUT2D eigenvalue weighted by Gasteiger charge is 2.34. The van der Waals surface area contributed by atoms with Gasteiger partial charge in [0.2, 0.25) is 11.8 Å². The van der Waals surface area contributed by atoms with Crippen molar-refractivity contribution in [2.24, 2.45) is 11.7 Å². The Hall–Kier alpha value is -1.88. The highest BCUT2D eigenvalue weighted by atomic mass is 16.2. The normalized spacial score (nSPS) is 20.1. The van der Waals surface area contributed by atoms with E-state index in [1.807, 2.05) is 30.3 Å². The molecule has 0 bridgehead atoms. The Labute approximate surface area is 138 Å². The van der Waals surface area contributed by atoms with Crippen LogP contribution < -0.4 is 11.1 Å². The predicted octanol–water partition coefficient (Wildman–Crippen LogP) is 1.32. The number of carbonyl (C=O) groups excluding carboxylic acids is 2. The lowest BCUT2D eigenvalue weighted by Gasteiger charge is -2.31. The summed E-state index contributed by atoms with van der Waals surface area (Å²) in [6.45, 7) is 5.32. The summed E-state index contributed by atoms with van der Waals surface area (Å²) in [7, 11) is 0. The molecule has 0 aliphatic carbocycles. The molecule has 1 heterocycles. The van der Waals surface area contributed by atoms with E-state index in [0.29, 0.717) is 31.8 Å². The average Bonchev–Trinajstić information content (AvgIpc) is 2.69. The van der Waals surface area contributed by atoms with Crippen molar-refractivity contribution in [3.8, 4) is 0 Å². The van der Waals surface area contributed by atoms with Gasteiger partial charge in [0.05, 0.1) is 6.04 Å². The van der Waals surface area contributed by atoms with Crippen molar-refractivity contribution >= 4 is 11.8 Å². The molecule has 3 N–H and O–H groups in total. The molecule has 1 fully saturated rings. The lowest BCUT2D eigenvalue weighted by molar-refractivity contribution is -0.141. The fraction of sp³-hybridized carbons (Fsp3) is 0.556. The molecule has 1 aliphatic rings. The Balaban J connectivity index is 2.11. The van der Waals surface area contributed by atoms with Crippen LogP contribution in [0.2, 0.25) is 0 Å². The number of nitrogens with one attached hydrogen (secondary N) is 1. The highest BCUT2D eigenvalue weighted by molar-refractivity contribution is 5.90. The topological polar surface area (TPSA) is 75.4 Å². The summed E-state index contributed by atoms with van der Waals surface area (Å²) in [6.07, 6.45) is 1.92. The Morgan fingerprint density at radius 1 is 1.35 bits per heavy atom. The molecule has 1 aromatic carbocycles. The molecular formula is C18H27N3O2. The monoisotopic (exact) mass is 317 g/mol. The molecule has 2 amide bonds. The zero-order valence-electron chi connectivity index (χ0n) is 14.0. The summed E-state index contributed by atoms with van der Waals surface area (Å²) in [4.78, 5) is 26.8. The minimum absolute atomic E-state index is 0.0588. The first kappa shape index (κ1) is 17.5. The van der Waals surface area contributed by atoms with Crippen molar-refractivity contribution in [1.82, 2.24) is 10.2 Å². The van der Waals surface area contributed by atoms with Gasteiger partial charge in [-0.3, -0.25) is 9.59 Å². The third-order valence-electron chi connectivity index (χ3n) is 4.15. The molecule has 0 unspecified atom stereocenters. The lowest BCUT2D eigenvalue weighted by atomic mass is 9.99. The van der Waals surface area contributed by atoms with E-state index in [9.17, 15) is 9.59 Å². The van der Waals surface area contributed by atoms with Crippen molar-refractivity contribution in [1.29, 1.82) is 0 Å². The summed E-state index contributed by atoms with van der Waals surface area (Å²) >= 11 is 0. The Morgan fingerprint density at radius 3 is 2.70 bits per heavy atom. The van der Waals surface area contributed by atoms with E-state index < -0.39 is 12.1 Å². The number of carbonyl (C=O) groups is 2. The SMILES string of the molecule is CC(C)C[C@H]1C(=O)NCCCN1C(=O)[C@@H](N)Cc1ccccc1. The van der Waals surface area contributed by atoms with Crippen LogP contribution in [0.5, 0.6) is 0 Å². The second-order valence-corrected chi connectivity index (χ2v) is 6.62. The molecule has 126 valence electrons. The summed E-state index contributed by atoms with van der Waals surface area (Å²) in [5.41, 5.74) is 7.18. The fourth-order valence-corrected chi connectivity index (χ4v) is 2.99. The van der Waals surface area contributed by atoms with Crippen LogP contribution in [0, 0.1) is 5.92 Å². The van der Waals surface area contributed by atoms with Crippen molar-refractivity contribution in [3.05, 3.63) is 35.9 Å². The third kappa shape index (κ3) is 4.79. The molecule has 1 aromatic rings. The average molecular weight is 317 g/mol. The van der Waals surface area contributed by atoms with E-state index in [-0.39, 0.29) is 11.8 Å². The lowest BCUT2D eigenvalue weighted by Crippen LogP contribution is -2.53. The minimum atomic E-state index is -0.613. The number of hydrogen-bond donors (Lipinski definition) is 2. The van der Waals surface area contributed by atoms with Crippen molar-refractivity contribution in [2.75, 3.05) is 13.1 Å². The molecule has 0 radical (unpaired) electrons. The second-order valence-electron chi connectivity index (χ2n) is 6.62. The number of rotatable bonds is 5. The first-order chi connectivity index (χ1) is 11.0. The molecule has 5 nitrogen and oxygen atoms in total. The van der Waals surface area contributed by atoms with Crippen LogP contribution in [0.25, 0.3) is 0 Å². The second kappa shape index (κ2) is 8.11. The fourth-order valence-electron chi connectivity index (χ4n) is 2.99. The van der Waals surface area contributed by atoms with Crippen LogP contribution in [0.15, 0.2) is 30.3 Å². The van der Waals surface area contributed by atoms with Gasteiger partial charge in [-0.2, -0.15) is 0 Å². The smallest absolute Gasteiger partial charge is 0.242 e. The van der Waals surface area contributed by atoms with Crippen molar-refractivity contribution in [3.63, 3.8) is 0 Å². The Morgan fingerprint density at radius 2 is 2.04 bits per heavy atom. The van der Waals surface area contributed by atoms with Crippen LogP contribution >= 0.6 is 0 Å². The van der Waals surface area contributed by atoms with Gasteiger partial charge in [-0.15, -0.1) is 0 Å². The van der Waals surface area contributed by atoms with Gasteiger partial charge in [0.25, 0.3) is 0 Å². The molecule has 2 rings (SSSR count). The maximum Gasteiger partial charge on any atom is 0.242 e. The Bertz CT molecular complexity index is 530. The van der Waals surface area contributed by atoms with Gasteiger partial charge in [-0.05, 0) is 30.7 Å². The summed E-state index contributed by atoms with van der Waals surface area (Å²) in [6, 6.07) is 8.72. The number of hydrogen-bond acceptors (Lipinski definition) is 3. The number of amides is 2. The molecule has 5 heteroatoms. The molecule has 1 saturated heterocycles. The van der Waals surface area contributed by atoms with E-state index in [1.54, 1.807) is 4.90 Å². The predicted molar refractivity (Wildman–Crippen MR) is 90.7 cm³/mol. The van der Waals surface area contributed by atoms with E-state index in [4.69, 9.17) is 5.73 Å². The molecule has 23 heavy (non-hydrogen) atoms. The van der Waals surface area contributed by atoms with Crippen LogP contribution in [0.3, 0.4) is 0 Å². The zero-order valence-corrected chi connectivity index (χ0v) is 14.0. The van der Waals surface area contributed by atoms with Gasteiger partial charge >= 0.3 is 0 Å². The van der Waals surface area contributed by atoms with Gasteiger partial charge in [0, 0.05) is 13.1 Å². The molecular weight excluding hydrogens is 290 g/mol. The number of nitrogens with two attached hydrogens (primary N) is 1.